The summed E-state index contributed by atoms with van der Waals surface area (Å²) >= 11 is 0.388. The van der Waals surface area contributed by atoms with E-state index in [1.54, 1.807) is 0 Å². The molecule has 0 aromatic rings. The summed E-state index contributed by atoms with van der Waals surface area (Å²) in [6.45, 7) is 0. The molecule has 0 heterocycles. The number of hydrogen-bond acceptors (Lipinski definition) is 2. The fourth-order valence-corrected chi connectivity index (χ4v) is 0. The Balaban J connectivity index is 0. The SMILES string of the molecule is O=P(O)(O)[O][Zr].[LiH]. The van der Waals surface area contributed by atoms with Crippen molar-refractivity contribution in [3.63, 3.8) is 0 Å². The van der Waals surface area contributed by atoms with Gasteiger partial charge in [0.25, 0.3) is 0 Å². The van der Waals surface area contributed by atoms with E-state index in [0.717, 1.165) is 0 Å². The van der Waals surface area contributed by atoms with Crippen LogP contribution >= 0.6 is 7.82 Å². The zero-order valence-electron chi connectivity index (χ0n) is 2.66. The van der Waals surface area contributed by atoms with Gasteiger partial charge in [-0.2, -0.15) is 0 Å². The van der Waals surface area contributed by atoms with E-state index in [2.05, 4.69) is 2.60 Å². The van der Waals surface area contributed by atoms with Crippen molar-refractivity contribution >= 4 is 26.7 Å². The summed E-state index contributed by atoms with van der Waals surface area (Å²) in [4.78, 5) is 15.5. The average Bonchev–Trinajstić information content (AvgIpc) is 1.35. The van der Waals surface area contributed by atoms with E-state index in [9.17, 15) is 4.57 Å². The minimum atomic E-state index is -4.11. The van der Waals surface area contributed by atoms with Crippen molar-refractivity contribution in [3.05, 3.63) is 0 Å². The van der Waals surface area contributed by atoms with E-state index in [-0.39, 0.29) is 18.9 Å². The predicted octanol–water partition coefficient (Wildman–Crippen LogP) is -1.09. The summed E-state index contributed by atoms with van der Waals surface area (Å²) in [7, 11) is -4.11. The van der Waals surface area contributed by atoms with Crippen LogP contribution in [0.3, 0.4) is 0 Å². The quantitative estimate of drug-likeness (QED) is 0.413. The molecule has 0 rings (SSSR count). The Morgan fingerprint density at radius 1 is 1.57 bits per heavy atom. The predicted molar refractivity (Wildman–Crippen MR) is 20.3 cm³/mol. The second-order valence-corrected chi connectivity index (χ2v) is 3.09. The first-order valence-electron chi connectivity index (χ1n) is 0.969. The second-order valence-electron chi connectivity index (χ2n) is 0.582. The molecular weight excluding hydrogens is 193 g/mol. The van der Waals surface area contributed by atoms with Crippen LogP contribution in [0, 0.1) is 0 Å². The van der Waals surface area contributed by atoms with Gasteiger partial charge in [-0.15, -0.1) is 0 Å². The molecule has 7 heteroatoms. The van der Waals surface area contributed by atoms with Crippen LogP contribution in [0.25, 0.3) is 0 Å². The molecule has 0 aromatic heterocycles. The van der Waals surface area contributed by atoms with Gasteiger partial charge in [-0.05, 0) is 0 Å². The van der Waals surface area contributed by atoms with Gasteiger partial charge >= 0.3 is 68.8 Å². The zero-order valence-corrected chi connectivity index (χ0v) is 6.01. The van der Waals surface area contributed by atoms with Gasteiger partial charge in [-0.25, -0.2) is 0 Å². The van der Waals surface area contributed by atoms with Crippen molar-refractivity contribution in [2.45, 2.75) is 0 Å². The van der Waals surface area contributed by atoms with Crippen LogP contribution in [0.5, 0.6) is 0 Å². The van der Waals surface area contributed by atoms with Crippen LogP contribution in [0.15, 0.2) is 0 Å². The molecule has 2 N–H and O–H groups in total. The van der Waals surface area contributed by atoms with Crippen molar-refractivity contribution in [1.29, 1.82) is 0 Å². The van der Waals surface area contributed by atoms with E-state index in [4.69, 9.17) is 9.79 Å². The molecular formula is H3LiO4PZr. The fourth-order valence-electron chi connectivity index (χ4n) is 0. The Morgan fingerprint density at radius 3 is 1.71 bits per heavy atom. The van der Waals surface area contributed by atoms with Gasteiger partial charge in [0, 0.05) is 0 Å². The first-order chi connectivity index (χ1) is 2.56. The van der Waals surface area contributed by atoms with Gasteiger partial charge in [0.2, 0.25) is 0 Å². The number of phosphoric acid groups is 1. The van der Waals surface area contributed by atoms with Crippen molar-refractivity contribution in [3.8, 4) is 0 Å². The molecule has 0 aromatic carbocycles. The van der Waals surface area contributed by atoms with Crippen LogP contribution in [0.1, 0.15) is 0 Å². The zero-order chi connectivity index (χ0) is 5.21. The molecule has 0 amide bonds. The van der Waals surface area contributed by atoms with E-state index >= 15 is 0 Å². The van der Waals surface area contributed by atoms with Crippen LogP contribution in [-0.2, 0) is 32.3 Å². The van der Waals surface area contributed by atoms with Gasteiger partial charge < -0.3 is 0 Å². The Labute approximate surface area is 68.5 Å². The molecule has 0 atom stereocenters. The van der Waals surface area contributed by atoms with Crippen molar-refractivity contribution < 1.29 is 42.1 Å². The van der Waals surface area contributed by atoms with Gasteiger partial charge in [0.15, 0.2) is 0 Å². The topological polar surface area (TPSA) is 66.8 Å². The molecule has 0 unspecified atom stereocenters. The summed E-state index contributed by atoms with van der Waals surface area (Å²) in [6, 6.07) is 0. The van der Waals surface area contributed by atoms with Gasteiger partial charge in [-0.1, -0.05) is 0 Å². The standard InChI is InChI=1S/Li.H3O4P.Zr.H/c;1-5(2,3)4;;/h;(H3,1,2,3,4);;/q;;+1;/p-1. The Kier molecular flexibility index (Phi) is 7.27. The summed E-state index contributed by atoms with van der Waals surface area (Å²) in [6.07, 6.45) is 0. The van der Waals surface area contributed by atoms with Crippen LogP contribution < -0.4 is 0 Å². The van der Waals surface area contributed by atoms with E-state index in [1.807, 2.05) is 0 Å². The molecule has 0 aliphatic rings. The van der Waals surface area contributed by atoms with Crippen LogP contribution in [-0.4, -0.2) is 28.6 Å². The molecule has 0 fully saturated rings. The van der Waals surface area contributed by atoms with Crippen molar-refractivity contribution in [2.75, 3.05) is 0 Å². The van der Waals surface area contributed by atoms with E-state index < -0.39 is 7.82 Å². The number of hydrogen-bond donors (Lipinski definition) is 2. The van der Waals surface area contributed by atoms with Gasteiger partial charge in [0.05, 0.1) is 0 Å². The molecule has 7 heavy (non-hydrogen) atoms. The number of rotatable bonds is 1. The molecule has 0 aliphatic heterocycles. The Morgan fingerprint density at radius 2 is 1.71 bits per heavy atom. The molecule has 37 valence electrons. The van der Waals surface area contributed by atoms with Crippen LogP contribution in [0.4, 0.5) is 0 Å². The summed E-state index contributed by atoms with van der Waals surface area (Å²) < 4.78 is 13.2. The summed E-state index contributed by atoms with van der Waals surface area (Å²) in [5.74, 6) is 0. The molecule has 0 saturated carbocycles. The minimum absolute atomic E-state index is 0. The second kappa shape index (κ2) is 4.47. The Bertz CT molecular complexity index is 75.8. The molecule has 0 radical (unpaired) electrons. The van der Waals surface area contributed by atoms with Gasteiger partial charge in [-0.3, -0.25) is 0 Å². The van der Waals surface area contributed by atoms with E-state index in [1.165, 1.54) is 0 Å². The van der Waals surface area contributed by atoms with Gasteiger partial charge in [0.1, 0.15) is 0 Å². The summed E-state index contributed by atoms with van der Waals surface area (Å²) in [5, 5.41) is 0. The van der Waals surface area contributed by atoms with Crippen molar-refractivity contribution in [2.24, 2.45) is 0 Å². The molecule has 0 saturated heterocycles. The normalized spacial score (nSPS) is 9.86. The summed E-state index contributed by atoms with van der Waals surface area (Å²) in [5.41, 5.74) is 0. The third kappa shape index (κ3) is 11.3. The maximum absolute atomic E-state index is 9.49. The molecule has 0 spiro atoms. The monoisotopic (exact) mass is 195 g/mol. The first kappa shape index (κ1) is 11.4. The molecule has 4 nitrogen and oxygen atoms in total. The maximum atomic E-state index is 9.49. The molecule has 0 bridgehead atoms. The fraction of sp³-hybridized carbons (Fsp3) is 0. The third-order valence-corrected chi connectivity index (χ3v) is 2.11. The van der Waals surface area contributed by atoms with Crippen molar-refractivity contribution in [1.82, 2.24) is 0 Å². The van der Waals surface area contributed by atoms with Crippen LogP contribution in [0.2, 0.25) is 0 Å². The Hall–Kier alpha value is 1.59. The average molecular weight is 196 g/mol. The third-order valence-electron chi connectivity index (χ3n) is 0.119. The molecule has 0 aliphatic carbocycles. The van der Waals surface area contributed by atoms with E-state index in [0.29, 0.717) is 25.2 Å². The first-order valence-corrected chi connectivity index (χ1v) is 3.50.